The fourth-order valence-corrected chi connectivity index (χ4v) is 9.95. The summed E-state index contributed by atoms with van der Waals surface area (Å²) >= 11 is 6.33. The summed E-state index contributed by atoms with van der Waals surface area (Å²) in [4.78, 5) is 29.9. The lowest BCUT2D eigenvalue weighted by Gasteiger charge is -2.57. The van der Waals surface area contributed by atoms with E-state index in [4.69, 9.17) is 11.6 Å². The van der Waals surface area contributed by atoms with Crippen LogP contribution in [0.25, 0.3) is 0 Å². The Morgan fingerprint density at radius 2 is 1.50 bits per heavy atom. The van der Waals surface area contributed by atoms with E-state index in [0.29, 0.717) is 10.7 Å². The summed E-state index contributed by atoms with van der Waals surface area (Å²) in [6.45, 7) is 3.58. The van der Waals surface area contributed by atoms with Gasteiger partial charge in [-0.15, -0.1) is 0 Å². The fraction of sp³-hybridized carbons (Fsp3) is 0.487. The number of benzene rings is 3. The summed E-state index contributed by atoms with van der Waals surface area (Å²) < 4.78 is 27.9. The Bertz CT molecular complexity index is 1680. The van der Waals surface area contributed by atoms with Crippen LogP contribution in [-0.2, 0) is 38.0 Å². The zero-order valence-corrected chi connectivity index (χ0v) is 29.8. The van der Waals surface area contributed by atoms with E-state index in [1.807, 2.05) is 62.4 Å². The summed E-state index contributed by atoms with van der Waals surface area (Å²) in [5.41, 5.74) is 3.56. The van der Waals surface area contributed by atoms with Crippen molar-refractivity contribution in [3.05, 3.63) is 101 Å². The van der Waals surface area contributed by atoms with Crippen LogP contribution in [0.1, 0.15) is 75.5 Å². The Labute approximate surface area is 291 Å². The van der Waals surface area contributed by atoms with Gasteiger partial charge < -0.3 is 10.2 Å². The molecule has 0 heterocycles. The number of hydrogen-bond donors (Lipinski definition) is 1. The second-order valence-electron chi connectivity index (χ2n) is 14.7. The van der Waals surface area contributed by atoms with Gasteiger partial charge in [-0.3, -0.25) is 13.9 Å². The molecule has 4 bridgehead atoms. The summed E-state index contributed by atoms with van der Waals surface area (Å²) in [7, 11) is -3.85. The van der Waals surface area contributed by atoms with Crippen LogP contribution in [0.5, 0.6) is 0 Å². The van der Waals surface area contributed by atoms with Crippen molar-refractivity contribution in [3.8, 4) is 0 Å². The van der Waals surface area contributed by atoms with Crippen molar-refractivity contribution in [1.29, 1.82) is 0 Å². The highest BCUT2D eigenvalue weighted by molar-refractivity contribution is 7.92. The average molecular weight is 690 g/mol. The van der Waals surface area contributed by atoms with Gasteiger partial charge in [-0.1, -0.05) is 73.1 Å². The van der Waals surface area contributed by atoms with Gasteiger partial charge in [0.1, 0.15) is 12.6 Å². The number of anilines is 1. The molecule has 0 aliphatic heterocycles. The molecule has 0 spiro atoms. The lowest BCUT2D eigenvalue weighted by molar-refractivity contribution is -0.140. The third-order valence-electron chi connectivity index (χ3n) is 11.0. The maximum absolute atomic E-state index is 14.5. The number of carbonyl (C=O) groups excluding carboxylic acids is 2. The van der Waals surface area contributed by atoms with E-state index in [9.17, 15) is 18.0 Å². The third-order valence-corrected chi connectivity index (χ3v) is 12.4. The fourth-order valence-electron chi connectivity index (χ4n) is 8.89. The Morgan fingerprint density at radius 1 is 0.896 bits per heavy atom. The van der Waals surface area contributed by atoms with Crippen LogP contribution in [-0.4, -0.2) is 50.0 Å². The number of amides is 2. The first kappa shape index (κ1) is 34.5. The van der Waals surface area contributed by atoms with Crippen LogP contribution in [0.2, 0.25) is 5.02 Å². The van der Waals surface area contributed by atoms with Crippen molar-refractivity contribution in [2.45, 2.75) is 89.3 Å². The predicted molar refractivity (Wildman–Crippen MR) is 192 cm³/mol. The second kappa shape index (κ2) is 14.2. The van der Waals surface area contributed by atoms with Crippen LogP contribution in [0, 0.1) is 17.8 Å². The van der Waals surface area contributed by atoms with Crippen molar-refractivity contribution < 1.29 is 18.0 Å². The standard InChI is InChI=1S/C39H48ClN3O4S/c1-4-27(2)41-38(45)36(21-28-9-6-5-7-10-28)42(25-29-11-8-12-34(40)20-29)37(44)26-43(48(3,46)47)35-15-13-33(14-16-35)39-22-30-17-31(23-39)19-32(18-30)24-39/h5-16,20,27,30-32,36H,4,17-19,21-26H2,1-3H3,(H,41,45)/t27-,30?,31?,32?,36-,39?/m0/s1. The van der Waals surface area contributed by atoms with Gasteiger partial charge in [-0.05, 0) is 116 Å². The van der Waals surface area contributed by atoms with Gasteiger partial charge in [-0.2, -0.15) is 0 Å². The van der Waals surface area contributed by atoms with Crippen LogP contribution in [0.3, 0.4) is 0 Å². The van der Waals surface area contributed by atoms with E-state index >= 15 is 0 Å². The number of sulfonamides is 1. The molecular formula is C39H48ClN3O4S. The molecule has 0 saturated heterocycles. The molecule has 0 radical (unpaired) electrons. The first-order valence-electron chi connectivity index (χ1n) is 17.4. The molecule has 2 atom stereocenters. The molecule has 1 N–H and O–H groups in total. The molecule has 7 rings (SSSR count). The molecule has 7 nitrogen and oxygen atoms in total. The van der Waals surface area contributed by atoms with Crippen LogP contribution < -0.4 is 9.62 Å². The Kier molecular flexibility index (Phi) is 10.2. The predicted octanol–water partition coefficient (Wildman–Crippen LogP) is 7.13. The molecule has 48 heavy (non-hydrogen) atoms. The van der Waals surface area contributed by atoms with Crippen LogP contribution >= 0.6 is 11.6 Å². The first-order chi connectivity index (χ1) is 22.9. The van der Waals surface area contributed by atoms with Crippen molar-refractivity contribution in [1.82, 2.24) is 10.2 Å². The summed E-state index contributed by atoms with van der Waals surface area (Å²) in [5.74, 6) is 1.65. The van der Waals surface area contributed by atoms with Crippen LogP contribution in [0.4, 0.5) is 5.69 Å². The highest BCUT2D eigenvalue weighted by Gasteiger charge is 2.51. The molecule has 2 amide bonds. The molecule has 4 aliphatic rings. The molecule has 9 heteroatoms. The molecule has 4 aliphatic carbocycles. The topological polar surface area (TPSA) is 86.8 Å². The molecule has 3 aromatic rings. The van der Waals surface area contributed by atoms with Crippen molar-refractivity contribution >= 4 is 39.1 Å². The minimum Gasteiger partial charge on any atom is -0.352 e. The number of halogens is 1. The van der Waals surface area contributed by atoms with Crippen LogP contribution in [0.15, 0.2) is 78.9 Å². The third kappa shape index (κ3) is 7.76. The Morgan fingerprint density at radius 3 is 2.06 bits per heavy atom. The summed E-state index contributed by atoms with van der Waals surface area (Å²) in [5, 5.41) is 3.58. The number of hydrogen-bond acceptors (Lipinski definition) is 4. The minimum absolute atomic E-state index is 0.0907. The zero-order chi connectivity index (χ0) is 34.1. The van der Waals surface area contributed by atoms with Gasteiger partial charge in [0.05, 0.1) is 11.9 Å². The largest absolute Gasteiger partial charge is 0.352 e. The van der Waals surface area contributed by atoms with Gasteiger partial charge in [0.15, 0.2) is 0 Å². The van der Waals surface area contributed by atoms with Gasteiger partial charge in [0, 0.05) is 24.0 Å². The molecule has 4 saturated carbocycles. The summed E-state index contributed by atoms with van der Waals surface area (Å²) in [6, 6.07) is 23.7. The minimum atomic E-state index is -3.85. The summed E-state index contributed by atoms with van der Waals surface area (Å²) in [6.07, 6.45) is 9.84. The molecule has 0 aromatic heterocycles. The van der Waals surface area contributed by atoms with Crippen molar-refractivity contribution in [3.63, 3.8) is 0 Å². The highest BCUT2D eigenvalue weighted by Crippen LogP contribution is 2.60. The molecular weight excluding hydrogens is 642 g/mol. The highest BCUT2D eigenvalue weighted by atomic mass is 35.5. The average Bonchev–Trinajstić information content (AvgIpc) is 3.04. The molecule has 0 unspecified atom stereocenters. The maximum Gasteiger partial charge on any atom is 0.244 e. The van der Waals surface area contributed by atoms with E-state index in [0.717, 1.165) is 41.6 Å². The van der Waals surface area contributed by atoms with Gasteiger partial charge in [0.25, 0.3) is 0 Å². The van der Waals surface area contributed by atoms with Gasteiger partial charge in [-0.25, -0.2) is 8.42 Å². The number of carbonyl (C=O) groups is 2. The number of nitrogens with one attached hydrogen (secondary N) is 1. The quantitative estimate of drug-likeness (QED) is 0.207. The van der Waals surface area contributed by atoms with Crippen molar-refractivity contribution in [2.24, 2.45) is 17.8 Å². The SMILES string of the molecule is CC[C@H](C)NC(=O)[C@H](Cc1ccccc1)N(Cc1cccc(Cl)c1)C(=O)CN(c1ccc(C23CC4CC(CC(C4)C2)C3)cc1)S(C)(=O)=O. The van der Waals surface area contributed by atoms with Crippen molar-refractivity contribution in [2.75, 3.05) is 17.1 Å². The second-order valence-corrected chi connectivity index (χ2v) is 17.0. The van der Waals surface area contributed by atoms with E-state index < -0.39 is 28.5 Å². The molecule has 3 aromatic carbocycles. The van der Waals surface area contributed by atoms with Gasteiger partial charge in [0.2, 0.25) is 21.8 Å². The normalized spacial score (nSPS) is 24.1. The zero-order valence-electron chi connectivity index (χ0n) is 28.3. The Hall–Kier alpha value is -3.36. The van der Waals surface area contributed by atoms with E-state index in [1.165, 1.54) is 53.3 Å². The first-order valence-corrected chi connectivity index (χ1v) is 19.6. The monoisotopic (exact) mass is 689 g/mol. The van der Waals surface area contributed by atoms with E-state index in [-0.39, 0.29) is 30.3 Å². The Balaban J connectivity index is 1.31. The van der Waals surface area contributed by atoms with Gasteiger partial charge >= 0.3 is 0 Å². The maximum atomic E-state index is 14.5. The lowest BCUT2D eigenvalue weighted by atomic mass is 9.48. The lowest BCUT2D eigenvalue weighted by Crippen LogP contribution is -2.54. The smallest absolute Gasteiger partial charge is 0.244 e. The molecule has 256 valence electrons. The van der Waals surface area contributed by atoms with E-state index in [1.54, 1.807) is 18.2 Å². The number of rotatable bonds is 13. The van der Waals surface area contributed by atoms with E-state index in [2.05, 4.69) is 17.4 Å². The number of nitrogens with zero attached hydrogens (tertiary/aromatic N) is 2. The molecule has 4 fully saturated rings.